The second-order valence-corrected chi connectivity index (χ2v) is 0. The van der Waals surface area contributed by atoms with Crippen LogP contribution in [0.3, 0.4) is 0 Å². The predicted octanol–water partition coefficient (Wildman–Crippen LogP) is -0.0125. The quantitative estimate of drug-likeness (QED) is 0.503. The Hall–Kier alpha value is 3.13. The minimum atomic E-state index is 0. The fourth-order valence-corrected chi connectivity index (χ4v) is 0. The molecule has 0 aliphatic carbocycles. The average molecular weight is 399 g/mol. The average Bonchev–Trinajstić information content (AvgIpc) is 0. The monoisotopic (exact) mass is 403 g/mol. The molecule has 5 heavy (non-hydrogen) atoms. The summed E-state index contributed by atoms with van der Waals surface area (Å²) in [4.78, 5) is 0. The molecule has 0 aromatic rings. The molecule has 0 saturated heterocycles. The summed E-state index contributed by atoms with van der Waals surface area (Å²) in [6, 6.07) is 0. The molecule has 0 heterocycles. The second-order valence-electron chi connectivity index (χ2n) is 0. The molecule has 0 amide bonds. The molecule has 0 saturated carbocycles. The summed E-state index contributed by atoms with van der Waals surface area (Å²) >= 11 is 0. The zero-order chi connectivity index (χ0) is 0. The molecule has 0 N–H and O–H groups in total. The number of rotatable bonds is 0. The molecule has 0 spiro atoms. The number of hydrogen-bond donors (Lipinski definition) is 0. The van der Waals surface area contributed by atoms with Crippen molar-refractivity contribution in [1.82, 2.24) is 0 Å². The molecule has 0 aliphatic heterocycles. The van der Waals surface area contributed by atoms with Crippen LogP contribution >= 0.6 is 0 Å². The molecule has 0 fully saturated rings. The Kier molecular flexibility index (Phi) is 231. The Morgan fingerprint density at radius 3 is 0.800 bits per heavy atom. The maximum absolute atomic E-state index is 0. The van der Waals surface area contributed by atoms with Crippen LogP contribution in [0.1, 0.15) is 0 Å². The zero-order valence-electron chi connectivity index (χ0n) is 1.93. The van der Waals surface area contributed by atoms with Crippen LogP contribution in [0.4, 0.5) is 0 Å². The summed E-state index contributed by atoms with van der Waals surface area (Å²) in [5.41, 5.74) is 0. The summed E-state index contributed by atoms with van der Waals surface area (Å²) < 4.78 is 0. The molecule has 5 heteroatoms. The van der Waals surface area contributed by atoms with Crippen molar-refractivity contribution in [3.05, 3.63) is 0 Å². The maximum atomic E-state index is 0. The molecular formula is FeMo2NbNi. The van der Waals surface area contributed by atoms with E-state index < -0.39 is 0 Å². The summed E-state index contributed by atoms with van der Waals surface area (Å²) in [6.45, 7) is 0. The zero-order valence-corrected chi connectivity index (χ0v) is 10.2. The van der Waals surface area contributed by atoms with Crippen LogP contribution in [0.5, 0.6) is 0 Å². The summed E-state index contributed by atoms with van der Waals surface area (Å²) in [5, 5.41) is 0. The Balaban J connectivity index is 0. The van der Waals surface area contributed by atoms with Gasteiger partial charge < -0.3 is 0 Å². The molecule has 0 aliphatic rings. The first-order chi connectivity index (χ1) is 0. The van der Waals surface area contributed by atoms with Crippen molar-refractivity contribution in [3.63, 3.8) is 0 Å². The predicted molar refractivity (Wildman–Crippen MR) is 0 cm³/mol. The van der Waals surface area contributed by atoms with E-state index in [1.54, 1.807) is 0 Å². The third kappa shape index (κ3) is 19.2. The van der Waals surface area contributed by atoms with Crippen molar-refractivity contribution in [1.29, 1.82) is 0 Å². The van der Waals surface area contributed by atoms with E-state index >= 15 is 0 Å². The fourth-order valence-electron chi connectivity index (χ4n) is 0. The van der Waals surface area contributed by atoms with Gasteiger partial charge >= 0.3 is 0 Å². The van der Waals surface area contributed by atoms with Gasteiger partial charge in [-0.1, -0.05) is 0 Å². The van der Waals surface area contributed by atoms with Gasteiger partial charge in [0.15, 0.2) is 0 Å². The Morgan fingerprint density at radius 1 is 0.800 bits per heavy atom. The van der Waals surface area contributed by atoms with E-state index in [0.29, 0.717) is 0 Å². The van der Waals surface area contributed by atoms with Crippen molar-refractivity contribution in [3.8, 4) is 0 Å². The first-order valence-corrected chi connectivity index (χ1v) is 0. The van der Waals surface area contributed by atoms with Crippen LogP contribution in [0.25, 0.3) is 0 Å². The standard InChI is InChI=1S/Fe.2Mo.Nb.Ni. The summed E-state index contributed by atoms with van der Waals surface area (Å²) in [5.74, 6) is 0. The van der Waals surface area contributed by atoms with E-state index in [1.165, 1.54) is 0 Å². The Morgan fingerprint density at radius 2 is 0.800 bits per heavy atom. The van der Waals surface area contributed by atoms with Gasteiger partial charge in [0.05, 0.1) is 0 Å². The molecule has 0 aromatic carbocycles. The van der Waals surface area contributed by atoms with Crippen LogP contribution in [0, 0.1) is 0 Å². The normalized spacial score (nSPS) is 0. The van der Waals surface area contributed by atoms with E-state index in [2.05, 4.69) is 0 Å². The topological polar surface area (TPSA) is 0 Å². The van der Waals surface area contributed by atoms with Gasteiger partial charge in [0, 0.05) is 98.1 Å². The SMILES string of the molecule is [Fe].[Mo].[Mo].[Nb].[Ni]. The molecule has 0 atom stereocenters. The summed E-state index contributed by atoms with van der Waals surface area (Å²) in [6.07, 6.45) is 0. The Bertz CT molecular complexity index is 9.61. The van der Waals surface area contributed by atoms with Gasteiger partial charge in [-0.15, -0.1) is 0 Å². The van der Waals surface area contributed by atoms with Gasteiger partial charge in [-0.25, -0.2) is 0 Å². The van der Waals surface area contributed by atoms with Crippen LogP contribution < -0.4 is 0 Å². The van der Waals surface area contributed by atoms with Gasteiger partial charge in [-0.2, -0.15) is 0 Å². The van der Waals surface area contributed by atoms with E-state index in [-0.39, 0.29) is 98.1 Å². The molecule has 0 rings (SSSR count). The molecule has 0 unspecified atom stereocenters. The van der Waals surface area contributed by atoms with Crippen molar-refractivity contribution >= 4 is 0 Å². The van der Waals surface area contributed by atoms with Gasteiger partial charge in [0.2, 0.25) is 0 Å². The minimum Gasteiger partial charge on any atom is 0 e. The molecule has 0 bridgehead atoms. The minimum absolute atomic E-state index is 0. The smallest absolute Gasteiger partial charge is 0 e. The third-order valence-electron chi connectivity index (χ3n) is 0. The van der Waals surface area contributed by atoms with E-state index in [9.17, 15) is 0 Å². The molecule has 35 valence electrons. The first kappa shape index (κ1) is 42.2. The van der Waals surface area contributed by atoms with Crippen LogP contribution in [0.2, 0.25) is 0 Å². The largest absolute Gasteiger partial charge is 0 e. The third-order valence-corrected chi connectivity index (χ3v) is 0. The number of hydrogen-bond acceptors (Lipinski definition) is 0. The van der Waals surface area contributed by atoms with Gasteiger partial charge in [-0.3, -0.25) is 0 Å². The van der Waals surface area contributed by atoms with Crippen molar-refractivity contribution < 1.29 is 98.1 Å². The Labute approximate surface area is 96.4 Å². The van der Waals surface area contributed by atoms with Gasteiger partial charge in [0.1, 0.15) is 0 Å². The van der Waals surface area contributed by atoms with Gasteiger partial charge in [0.25, 0.3) is 0 Å². The van der Waals surface area contributed by atoms with Crippen molar-refractivity contribution in [2.24, 2.45) is 0 Å². The second kappa shape index (κ2) is 27.3. The molecule has 0 aromatic heterocycles. The molecule has 1 radical (unpaired) electrons. The van der Waals surface area contributed by atoms with Crippen LogP contribution in [0.15, 0.2) is 0 Å². The van der Waals surface area contributed by atoms with E-state index in [4.69, 9.17) is 0 Å². The van der Waals surface area contributed by atoms with E-state index in [0.717, 1.165) is 0 Å². The van der Waals surface area contributed by atoms with Gasteiger partial charge in [-0.05, 0) is 0 Å². The van der Waals surface area contributed by atoms with Crippen molar-refractivity contribution in [2.45, 2.75) is 0 Å². The van der Waals surface area contributed by atoms with Crippen LogP contribution in [-0.2, 0) is 98.1 Å². The maximum Gasteiger partial charge on any atom is 0 e. The molecule has 0 nitrogen and oxygen atoms in total. The van der Waals surface area contributed by atoms with Crippen LogP contribution in [-0.4, -0.2) is 0 Å². The fraction of sp³-hybridized carbons (Fsp3) is 0. The first-order valence-electron chi connectivity index (χ1n) is 0. The molecular weight excluding hydrogens is 399 g/mol. The van der Waals surface area contributed by atoms with Crippen molar-refractivity contribution in [2.75, 3.05) is 0 Å². The van der Waals surface area contributed by atoms with E-state index in [1.807, 2.05) is 0 Å². The summed E-state index contributed by atoms with van der Waals surface area (Å²) in [7, 11) is 0.